The number of aromatic nitrogens is 1. The molecule has 0 amide bonds. The van der Waals surface area contributed by atoms with E-state index in [1.807, 2.05) is 0 Å². The van der Waals surface area contributed by atoms with Gasteiger partial charge in [0.15, 0.2) is 0 Å². The Bertz CT molecular complexity index is 703. The summed E-state index contributed by atoms with van der Waals surface area (Å²) in [7, 11) is 0.761. The van der Waals surface area contributed by atoms with Crippen LogP contribution in [0.5, 0.6) is 0 Å². The third kappa shape index (κ3) is 2.17. The number of nitrogens with zero attached hydrogens (tertiary/aromatic N) is 1. The number of alkyl halides is 3. The number of nitrogens with two attached hydrogens (primary N) is 1. The number of carbonyl (C=O) groups is 1. The average molecular weight is 300 g/mol. The molecule has 0 radical (unpaired) electrons. The number of nitrogen functional groups attached to an aromatic ring is 1. The molecule has 8 heteroatoms. The van der Waals surface area contributed by atoms with Gasteiger partial charge in [0.1, 0.15) is 0 Å². The lowest BCUT2D eigenvalue weighted by atomic mass is 9.89. The van der Waals surface area contributed by atoms with Gasteiger partial charge in [-0.05, 0) is 12.1 Å². The number of aliphatic hydroxyl groups is 1. The second-order valence-electron chi connectivity index (χ2n) is 4.30. The number of benzene rings is 1. The van der Waals surface area contributed by atoms with Crippen molar-refractivity contribution < 1.29 is 27.8 Å². The van der Waals surface area contributed by atoms with E-state index in [1.165, 1.54) is 18.3 Å². The highest BCUT2D eigenvalue weighted by Gasteiger charge is 2.62. The van der Waals surface area contributed by atoms with Crippen LogP contribution in [0, 0.1) is 0 Å². The lowest BCUT2D eigenvalue weighted by Crippen LogP contribution is -2.50. The number of anilines is 1. The third-order valence-electron chi connectivity index (χ3n) is 3.08. The Hall–Kier alpha value is -2.35. The zero-order valence-electron chi connectivity index (χ0n) is 10.8. The summed E-state index contributed by atoms with van der Waals surface area (Å²) >= 11 is 0. The van der Waals surface area contributed by atoms with E-state index >= 15 is 0 Å². The molecule has 1 aromatic heterocycles. The van der Waals surface area contributed by atoms with Gasteiger partial charge in [-0.2, -0.15) is 13.2 Å². The van der Waals surface area contributed by atoms with E-state index in [2.05, 4.69) is 9.72 Å². The van der Waals surface area contributed by atoms with Crippen LogP contribution in [0.25, 0.3) is 10.9 Å². The fourth-order valence-electron chi connectivity index (χ4n) is 2.04. The second-order valence-corrected chi connectivity index (χ2v) is 4.30. The molecular weight excluding hydrogens is 289 g/mol. The molecule has 112 valence electrons. The largest absolute Gasteiger partial charge is 0.466 e. The summed E-state index contributed by atoms with van der Waals surface area (Å²) in [6.45, 7) is 0. The summed E-state index contributed by atoms with van der Waals surface area (Å²) in [5.41, 5.74) is 1.35. The Morgan fingerprint density at radius 2 is 2.00 bits per heavy atom. The minimum atomic E-state index is -5.26. The molecule has 5 nitrogen and oxygen atoms in total. The van der Waals surface area contributed by atoms with Crippen LogP contribution in [0.4, 0.5) is 18.9 Å². The number of halogens is 3. The first-order valence-corrected chi connectivity index (χ1v) is 5.74. The number of fused-ring (bicyclic) bond motifs is 1. The summed E-state index contributed by atoms with van der Waals surface area (Å²) in [5, 5.41) is 9.93. The van der Waals surface area contributed by atoms with Crippen molar-refractivity contribution in [3.05, 3.63) is 36.0 Å². The number of rotatable bonds is 2. The number of esters is 1. The van der Waals surface area contributed by atoms with Crippen molar-refractivity contribution >= 4 is 22.6 Å². The molecule has 0 unspecified atom stereocenters. The van der Waals surface area contributed by atoms with Crippen molar-refractivity contribution in [2.45, 2.75) is 11.8 Å². The molecule has 0 aliphatic rings. The maximum atomic E-state index is 13.3. The topological polar surface area (TPSA) is 85.4 Å². The van der Waals surface area contributed by atoms with E-state index in [-0.39, 0.29) is 16.6 Å². The monoisotopic (exact) mass is 300 g/mol. The van der Waals surface area contributed by atoms with Gasteiger partial charge in [0.25, 0.3) is 5.60 Å². The summed E-state index contributed by atoms with van der Waals surface area (Å²) in [5.74, 6) is -1.83. The smallest absolute Gasteiger partial charge is 0.432 e. The average Bonchev–Trinajstić information content (AvgIpc) is 2.45. The van der Waals surface area contributed by atoms with Gasteiger partial charge in [-0.3, -0.25) is 4.98 Å². The number of pyridine rings is 1. The van der Waals surface area contributed by atoms with E-state index in [1.54, 1.807) is 0 Å². The highest BCUT2D eigenvalue weighted by atomic mass is 19.4. The van der Waals surface area contributed by atoms with E-state index in [0.717, 1.165) is 19.2 Å². The predicted octanol–water partition coefficient (Wildman–Crippen LogP) is 1.74. The molecule has 21 heavy (non-hydrogen) atoms. The third-order valence-corrected chi connectivity index (χ3v) is 3.08. The standard InChI is InChI=1S/C13H11F3N2O3/c1-21-11(19)12(20,13(14,15)16)8-4-5-9(17)10-7(8)3-2-6-18-10/h2-6,20H,17H2,1H3/t12-/m1/s1. The Morgan fingerprint density at radius 3 is 2.57 bits per heavy atom. The van der Waals surface area contributed by atoms with Gasteiger partial charge in [-0.25, -0.2) is 4.79 Å². The maximum Gasteiger partial charge on any atom is 0.432 e. The normalized spacial score (nSPS) is 14.7. The molecule has 1 atom stereocenters. The fourth-order valence-corrected chi connectivity index (χ4v) is 2.04. The van der Waals surface area contributed by atoms with Crippen LogP contribution >= 0.6 is 0 Å². The molecule has 0 bridgehead atoms. The fraction of sp³-hybridized carbons (Fsp3) is 0.231. The molecule has 0 aliphatic heterocycles. The molecule has 0 saturated carbocycles. The molecule has 2 rings (SSSR count). The summed E-state index contributed by atoms with van der Waals surface area (Å²) in [4.78, 5) is 15.4. The highest BCUT2D eigenvalue weighted by molar-refractivity contribution is 5.96. The molecule has 0 saturated heterocycles. The molecule has 0 spiro atoms. The van der Waals surface area contributed by atoms with Gasteiger partial charge in [0.2, 0.25) is 0 Å². The van der Waals surface area contributed by atoms with Crippen LogP contribution in [0.15, 0.2) is 30.5 Å². The summed E-state index contributed by atoms with van der Waals surface area (Å²) < 4.78 is 43.9. The quantitative estimate of drug-likeness (QED) is 0.652. The van der Waals surface area contributed by atoms with E-state index in [4.69, 9.17) is 5.73 Å². The number of hydrogen-bond donors (Lipinski definition) is 2. The number of ether oxygens (including phenoxy) is 1. The van der Waals surface area contributed by atoms with Crippen molar-refractivity contribution in [2.75, 3.05) is 12.8 Å². The lowest BCUT2D eigenvalue weighted by Gasteiger charge is -2.29. The summed E-state index contributed by atoms with van der Waals surface area (Å²) in [6.07, 6.45) is -3.92. The van der Waals surface area contributed by atoms with Crippen molar-refractivity contribution in [3.8, 4) is 0 Å². The van der Waals surface area contributed by atoms with Crippen molar-refractivity contribution in [3.63, 3.8) is 0 Å². The van der Waals surface area contributed by atoms with E-state index in [0.29, 0.717) is 0 Å². The molecule has 0 aliphatic carbocycles. The Labute approximate surface area is 117 Å². The number of methoxy groups -OCH3 is 1. The lowest BCUT2D eigenvalue weighted by molar-refractivity contribution is -0.266. The van der Waals surface area contributed by atoms with Gasteiger partial charge in [0.05, 0.1) is 18.3 Å². The van der Waals surface area contributed by atoms with Crippen molar-refractivity contribution in [2.24, 2.45) is 0 Å². The van der Waals surface area contributed by atoms with Crippen LogP contribution in [0.2, 0.25) is 0 Å². The van der Waals surface area contributed by atoms with E-state index < -0.39 is 23.3 Å². The van der Waals surface area contributed by atoms with Crippen LogP contribution in [-0.2, 0) is 15.1 Å². The molecule has 3 N–H and O–H groups in total. The van der Waals surface area contributed by atoms with Gasteiger partial charge in [-0.1, -0.05) is 12.1 Å². The minimum Gasteiger partial charge on any atom is -0.466 e. The minimum absolute atomic E-state index is 0.0570. The first-order chi connectivity index (χ1) is 9.73. The Morgan fingerprint density at radius 1 is 1.33 bits per heavy atom. The molecule has 0 fully saturated rings. The molecular formula is C13H11F3N2O3. The number of hydrogen-bond acceptors (Lipinski definition) is 5. The first kappa shape index (κ1) is 15.0. The van der Waals surface area contributed by atoms with E-state index in [9.17, 15) is 23.1 Å². The van der Waals surface area contributed by atoms with Crippen molar-refractivity contribution in [1.29, 1.82) is 0 Å². The molecule has 2 aromatic rings. The van der Waals surface area contributed by atoms with Crippen LogP contribution in [0.1, 0.15) is 5.56 Å². The molecule has 1 aromatic carbocycles. The zero-order valence-corrected chi connectivity index (χ0v) is 10.8. The van der Waals surface area contributed by atoms with Gasteiger partial charge in [-0.15, -0.1) is 0 Å². The van der Waals surface area contributed by atoms with Gasteiger partial charge in [0, 0.05) is 17.1 Å². The van der Waals surface area contributed by atoms with Gasteiger partial charge >= 0.3 is 12.1 Å². The maximum absolute atomic E-state index is 13.3. The Kier molecular flexibility index (Phi) is 3.50. The predicted molar refractivity (Wildman–Crippen MR) is 68.1 cm³/mol. The van der Waals surface area contributed by atoms with Crippen LogP contribution < -0.4 is 5.73 Å². The Balaban J connectivity index is 2.85. The van der Waals surface area contributed by atoms with Crippen molar-refractivity contribution in [1.82, 2.24) is 4.98 Å². The SMILES string of the molecule is COC(=O)[C@](O)(c1ccc(N)c2ncccc12)C(F)(F)F. The van der Waals surface area contributed by atoms with Gasteiger partial charge < -0.3 is 15.6 Å². The summed E-state index contributed by atoms with van der Waals surface area (Å²) in [6, 6.07) is 4.74. The first-order valence-electron chi connectivity index (χ1n) is 5.74. The highest BCUT2D eigenvalue weighted by Crippen LogP contribution is 2.43. The molecule has 1 heterocycles. The van der Waals surface area contributed by atoms with Crippen LogP contribution in [-0.4, -0.2) is 29.3 Å². The second kappa shape index (κ2) is 4.88. The zero-order chi connectivity index (χ0) is 15.8. The number of carbonyl (C=O) groups excluding carboxylic acids is 1. The van der Waals surface area contributed by atoms with Crippen LogP contribution in [0.3, 0.4) is 0 Å².